The maximum atomic E-state index is 5.41. The van der Waals surface area contributed by atoms with Gasteiger partial charge in [-0.05, 0) is 13.8 Å². The van der Waals surface area contributed by atoms with Crippen LogP contribution < -0.4 is 15.5 Å². The summed E-state index contributed by atoms with van der Waals surface area (Å²) >= 11 is 0. The molecule has 0 amide bonds. The van der Waals surface area contributed by atoms with E-state index in [0.29, 0.717) is 6.04 Å². The summed E-state index contributed by atoms with van der Waals surface area (Å²) in [6.07, 6.45) is 0.974. The molecule has 2 aliphatic rings. The van der Waals surface area contributed by atoms with Crippen LogP contribution in [-0.2, 0) is 17.7 Å². The second-order valence-electron chi connectivity index (χ2n) is 5.62. The molecule has 2 aliphatic heterocycles. The molecule has 0 bridgehead atoms. The number of hydrogen-bond donors (Lipinski definition) is 2. The monoisotopic (exact) mass is 277 g/mol. The number of morpholine rings is 1. The van der Waals surface area contributed by atoms with Gasteiger partial charge in [0.15, 0.2) is 0 Å². The molecule has 0 spiro atoms. The zero-order valence-corrected chi connectivity index (χ0v) is 12.3. The van der Waals surface area contributed by atoms with Crippen molar-refractivity contribution in [3.63, 3.8) is 0 Å². The van der Waals surface area contributed by atoms with Crippen LogP contribution in [-0.4, -0.2) is 48.9 Å². The third kappa shape index (κ3) is 2.86. The van der Waals surface area contributed by atoms with Crippen molar-refractivity contribution in [3.05, 3.63) is 11.3 Å². The van der Waals surface area contributed by atoms with Crippen LogP contribution in [0.15, 0.2) is 0 Å². The van der Waals surface area contributed by atoms with Crippen LogP contribution >= 0.6 is 0 Å². The van der Waals surface area contributed by atoms with Crippen LogP contribution in [0.2, 0.25) is 0 Å². The van der Waals surface area contributed by atoms with Gasteiger partial charge in [0.2, 0.25) is 5.95 Å². The summed E-state index contributed by atoms with van der Waals surface area (Å²) in [6.45, 7) is 9.39. The third-order valence-corrected chi connectivity index (χ3v) is 3.64. The molecule has 20 heavy (non-hydrogen) atoms. The minimum absolute atomic E-state index is 0.369. The SMILES string of the molecule is CC(C)Nc1nc(N2CCOCC2)nc2c1CNCC2. The minimum atomic E-state index is 0.369. The zero-order valence-electron chi connectivity index (χ0n) is 12.3. The van der Waals surface area contributed by atoms with Gasteiger partial charge in [0.25, 0.3) is 0 Å². The molecule has 1 aromatic heterocycles. The summed E-state index contributed by atoms with van der Waals surface area (Å²) in [5.41, 5.74) is 2.41. The van der Waals surface area contributed by atoms with Gasteiger partial charge < -0.3 is 20.3 Å². The fraction of sp³-hybridized carbons (Fsp3) is 0.714. The Hall–Kier alpha value is -1.40. The van der Waals surface area contributed by atoms with Crippen molar-refractivity contribution < 1.29 is 4.74 Å². The second-order valence-corrected chi connectivity index (χ2v) is 5.62. The van der Waals surface area contributed by atoms with Gasteiger partial charge in [-0.2, -0.15) is 4.98 Å². The van der Waals surface area contributed by atoms with Crippen molar-refractivity contribution in [2.75, 3.05) is 43.1 Å². The molecule has 1 aromatic rings. The molecule has 0 saturated carbocycles. The Labute approximate surface area is 119 Å². The Balaban J connectivity index is 1.94. The summed E-state index contributed by atoms with van der Waals surface area (Å²) in [7, 11) is 0. The number of nitrogens with one attached hydrogen (secondary N) is 2. The average molecular weight is 277 g/mol. The Morgan fingerprint density at radius 1 is 1.25 bits per heavy atom. The molecule has 0 unspecified atom stereocenters. The van der Waals surface area contributed by atoms with Gasteiger partial charge in [0.05, 0.1) is 18.9 Å². The van der Waals surface area contributed by atoms with Gasteiger partial charge >= 0.3 is 0 Å². The number of fused-ring (bicyclic) bond motifs is 1. The highest BCUT2D eigenvalue weighted by Gasteiger charge is 2.21. The summed E-state index contributed by atoms with van der Waals surface area (Å²) in [6, 6.07) is 0.369. The second kappa shape index (κ2) is 5.93. The van der Waals surface area contributed by atoms with Gasteiger partial charge in [-0.25, -0.2) is 4.98 Å². The predicted octanol–water partition coefficient (Wildman–Crippen LogP) is 0.779. The summed E-state index contributed by atoms with van der Waals surface area (Å²) in [4.78, 5) is 11.8. The Morgan fingerprint density at radius 2 is 2.05 bits per heavy atom. The fourth-order valence-corrected chi connectivity index (χ4v) is 2.63. The molecular weight excluding hydrogens is 254 g/mol. The van der Waals surface area contributed by atoms with Crippen LogP contribution in [0.25, 0.3) is 0 Å². The molecular formula is C14H23N5O. The van der Waals surface area contributed by atoms with E-state index in [2.05, 4.69) is 29.4 Å². The lowest BCUT2D eigenvalue weighted by Gasteiger charge is -2.29. The van der Waals surface area contributed by atoms with E-state index in [-0.39, 0.29) is 0 Å². The minimum Gasteiger partial charge on any atom is -0.378 e. The van der Waals surface area contributed by atoms with E-state index < -0.39 is 0 Å². The Kier molecular flexibility index (Phi) is 4.03. The standard InChI is InChI=1S/C14H23N5O/c1-10(2)16-13-11-9-15-4-3-12(11)17-14(18-13)19-5-7-20-8-6-19/h10,15H,3-9H2,1-2H3,(H,16,17,18). The maximum absolute atomic E-state index is 5.41. The van der Waals surface area contributed by atoms with E-state index in [1.807, 2.05) is 0 Å². The number of ether oxygens (including phenoxy) is 1. The van der Waals surface area contributed by atoms with Crippen molar-refractivity contribution in [3.8, 4) is 0 Å². The van der Waals surface area contributed by atoms with Crippen molar-refractivity contribution >= 4 is 11.8 Å². The molecule has 0 aromatic carbocycles. The fourth-order valence-electron chi connectivity index (χ4n) is 2.63. The maximum Gasteiger partial charge on any atom is 0.227 e. The van der Waals surface area contributed by atoms with E-state index in [0.717, 1.165) is 57.6 Å². The molecule has 1 fully saturated rings. The van der Waals surface area contributed by atoms with Crippen molar-refractivity contribution in [1.29, 1.82) is 0 Å². The first kappa shape index (κ1) is 13.6. The normalized spacial score (nSPS) is 19.1. The van der Waals surface area contributed by atoms with Crippen LogP contribution in [0.1, 0.15) is 25.1 Å². The van der Waals surface area contributed by atoms with E-state index in [4.69, 9.17) is 14.7 Å². The smallest absolute Gasteiger partial charge is 0.227 e. The average Bonchev–Trinajstić information content (AvgIpc) is 2.47. The van der Waals surface area contributed by atoms with E-state index in [1.54, 1.807) is 0 Å². The highest BCUT2D eigenvalue weighted by Crippen LogP contribution is 2.24. The first-order valence-electron chi connectivity index (χ1n) is 7.44. The Morgan fingerprint density at radius 3 is 2.80 bits per heavy atom. The van der Waals surface area contributed by atoms with Gasteiger partial charge in [-0.3, -0.25) is 0 Å². The van der Waals surface area contributed by atoms with Crippen molar-refractivity contribution in [2.24, 2.45) is 0 Å². The summed E-state index contributed by atoms with van der Waals surface area (Å²) in [5, 5.41) is 6.86. The van der Waals surface area contributed by atoms with Gasteiger partial charge in [-0.15, -0.1) is 0 Å². The van der Waals surface area contributed by atoms with Crippen LogP contribution in [0, 0.1) is 0 Å². The molecule has 0 radical (unpaired) electrons. The number of nitrogens with zero attached hydrogens (tertiary/aromatic N) is 3. The highest BCUT2D eigenvalue weighted by molar-refractivity contribution is 5.52. The van der Waals surface area contributed by atoms with Crippen LogP contribution in [0.5, 0.6) is 0 Å². The molecule has 0 atom stereocenters. The van der Waals surface area contributed by atoms with Gasteiger partial charge in [0.1, 0.15) is 5.82 Å². The molecule has 6 nitrogen and oxygen atoms in total. The van der Waals surface area contributed by atoms with Crippen molar-refractivity contribution in [1.82, 2.24) is 15.3 Å². The lowest BCUT2D eigenvalue weighted by Crippen LogP contribution is -2.38. The largest absolute Gasteiger partial charge is 0.378 e. The van der Waals surface area contributed by atoms with E-state index >= 15 is 0 Å². The first-order valence-corrected chi connectivity index (χ1v) is 7.44. The highest BCUT2D eigenvalue weighted by atomic mass is 16.5. The topological polar surface area (TPSA) is 62.3 Å². The molecule has 1 saturated heterocycles. The zero-order chi connectivity index (χ0) is 13.9. The lowest BCUT2D eigenvalue weighted by atomic mass is 10.1. The summed E-state index contributed by atoms with van der Waals surface area (Å²) in [5.74, 6) is 1.83. The first-order chi connectivity index (χ1) is 9.74. The molecule has 0 aliphatic carbocycles. The lowest BCUT2D eigenvalue weighted by molar-refractivity contribution is 0.122. The quantitative estimate of drug-likeness (QED) is 0.851. The van der Waals surface area contributed by atoms with Gasteiger partial charge in [-0.1, -0.05) is 0 Å². The molecule has 3 heterocycles. The van der Waals surface area contributed by atoms with E-state index in [1.165, 1.54) is 11.3 Å². The molecule has 2 N–H and O–H groups in total. The van der Waals surface area contributed by atoms with E-state index in [9.17, 15) is 0 Å². The summed E-state index contributed by atoms with van der Waals surface area (Å²) < 4.78 is 5.41. The third-order valence-electron chi connectivity index (χ3n) is 3.64. The number of anilines is 2. The predicted molar refractivity (Wildman–Crippen MR) is 79.2 cm³/mol. The number of rotatable bonds is 3. The van der Waals surface area contributed by atoms with Crippen LogP contribution in [0.3, 0.4) is 0 Å². The number of hydrogen-bond acceptors (Lipinski definition) is 6. The molecule has 110 valence electrons. The van der Waals surface area contributed by atoms with Gasteiger partial charge in [0, 0.05) is 44.2 Å². The van der Waals surface area contributed by atoms with Crippen LogP contribution in [0.4, 0.5) is 11.8 Å². The molecule has 3 rings (SSSR count). The number of aromatic nitrogens is 2. The Bertz CT molecular complexity index is 471. The van der Waals surface area contributed by atoms with Crippen molar-refractivity contribution in [2.45, 2.75) is 32.9 Å². The molecule has 6 heteroatoms.